The lowest BCUT2D eigenvalue weighted by Crippen LogP contribution is -2.47. The molecule has 0 spiro atoms. The number of aliphatic hydroxyl groups excluding tert-OH is 1. The Kier molecular flexibility index (Phi) is 9.49. The zero-order valence-electron chi connectivity index (χ0n) is 14.5. The Labute approximate surface area is 131 Å². The molecule has 0 aromatic rings. The predicted molar refractivity (Wildman–Crippen MR) is 88.5 cm³/mol. The van der Waals surface area contributed by atoms with Crippen molar-refractivity contribution in [1.82, 2.24) is 10.2 Å². The molecule has 1 saturated carbocycles. The lowest BCUT2D eigenvalue weighted by Gasteiger charge is -2.40. The minimum atomic E-state index is 0.232. The Morgan fingerprint density at radius 1 is 1.29 bits per heavy atom. The summed E-state index contributed by atoms with van der Waals surface area (Å²) in [6, 6.07) is 0.633. The van der Waals surface area contributed by atoms with Gasteiger partial charge in [0.25, 0.3) is 0 Å². The number of methoxy groups -OCH3 is 1. The number of hydrogen-bond donors (Lipinski definition) is 2. The Hall–Kier alpha value is -0.160. The Bertz CT molecular complexity index is 261. The van der Waals surface area contributed by atoms with Crippen molar-refractivity contribution in [3.8, 4) is 0 Å². The van der Waals surface area contributed by atoms with Gasteiger partial charge in [0, 0.05) is 32.8 Å². The highest BCUT2D eigenvalue weighted by atomic mass is 16.5. The fourth-order valence-electron chi connectivity index (χ4n) is 3.63. The quantitative estimate of drug-likeness (QED) is 0.647. The van der Waals surface area contributed by atoms with Crippen molar-refractivity contribution in [3.63, 3.8) is 0 Å². The van der Waals surface area contributed by atoms with Crippen LogP contribution in [0.2, 0.25) is 0 Å². The van der Waals surface area contributed by atoms with Gasteiger partial charge in [0.2, 0.25) is 0 Å². The molecule has 3 atom stereocenters. The third-order valence-corrected chi connectivity index (χ3v) is 4.95. The van der Waals surface area contributed by atoms with Crippen LogP contribution >= 0.6 is 0 Å². The first kappa shape index (κ1) is 18.9. The normalized spacial score (nSPS) is 26.7. The van der Waals surface area contributed by atoms with E-state index >= 15 is 0 Å². The Morgan fingerprint density at radius 2 is 2.05 bits per heavy atom. The van der Waals surface area contributed by atoms with Gasteiger partial charge >= 0.3 is 0 Å². The van der Waals surface area contributed by atoms with Gasteiger partial charge in [0.05, 0.1) is 13.2 Å². The van der Waals surface area contributed by atoms with Crippen LogP contribution in [-0.4, -0.2) is 62.6 Å². The van der Waals surface area contributed by atoms with Crippen LogP contribution in [0.25, 0.3) is 0 Å². The van der Waals surface area contributed by atoms with Gasteiger partial charge in [0.1, 0.15) is 0 Å². The Morgan fingerprint density at radius 3 is 2.62 bits per heavy atom. The molecule has 126 valence electrons. The summed E-state index contributed by atoms with van der Waals surface area (Å²) < 4.78 is 5.20. The molecular weight excluding hydrogens is 264 g/mol. The maximum absolute atomic E-state index is 9.28. The third kappa shape index (κ3) is 6.64. The third-order valence-electron chi connectivity index (χ3n) is 4.95. The molecule has 3 unspecified atom stereocenters. The number of rotatable bonds is 10. The highest BCUT2D eigenvalue weighted by molar-refractivity contribution is 4.87. The maximum atomic E-state index is 9.28. The van der Waals surface area contributed by atoms with E-state index in [1.165, 1.54) is 19.3 Å². The minimum absolute atomic E-state index is 0.232. The van der Waals surface area contributed by atoms with E-state index in [9.17, 15) is 5.11 Å². The molecule has 0 radical (unpaired) electrons. The summed E-state index contributed by atoms with van der Waals surface area (Å²) in [4.78, 5) is 2.36. The number of nitrogens with zero attached hydrogens (tertiary/aromatic N) is 1. The van der Waals surface area contributed by atoms with Crippen LogP contribution in [0.5, 0.6) is 0 Å². The van der Waals surface area contributed by atoms with Crippen LogP contribution in [0.15, 0.2) is 0 Å². The summed E-state index contributed by atoms with van der Waals surface area (Å²) in [6.45, 7) is 11.7. The first-order valence-electron chi connectivity index (χ1n) is 8.67. The number of hydrogen-bond acceptors (Lipinski definition) is 4. The highest BCUT2D eigenvalue weighted by Crippen LogP contribution is 2.34. The van der Waals surface area contributed by atoms with Crippen molar-refractivity contribution in [2.45, 2.75) is 46.1 Å². The standard InChI is InChI=1S/C17H36N2O2/c1-5-18-17-7-6-15(14(2)3)12-16(17)13-19(8-10-20)9-11-21-4/h14-18,20H,5-13H2,1-4H3. The first-order chi connectivity index (χ1) is 10.1. The van der Waals surface area contributed by atoms with E-state index in [-0.39, 0.29) is 6.61 Å². The molecule has 0 saturated heterocycles. The van der Waals surface area contributed by atoms with E-state index in [1.807, 2.05) is 0 Å². The van der Waals surface area contributed by atoms with E-state index < -0.39 is 0 Å². The molecule has 0 bridgehead atoms. The summed E-state index contributed by atoms with van der Waals surface area (Å²) in [5.74, 6) is 2.32. The van der Waals surface area contributed by atoms with E-state index in [2.05, 4.69) is 31.0 Å². The lowest BCUT2D eigenvalue weighted by molar-refractivity contribution is 0.0865. The van der Waals surface area contributed by atoms with Gasteiger partial charge in [-0.2, -0.15) is 0 Å². The molecule has 4 heteroatoms. The zero-order valence-corrected chi connectivity index (χ0v) is 14.5. The van der Waals surface area contributed by atoms with Gasteiger partial charge in [-0.05, 0) is 43.6 Å². The fourth-order valence-corrected chi connectivity index (χ4v) is 3.63. The van der Waals surface area contributed by atoms with E-state index in [0.29, 0.717) is 12.0 Å². The summed E-state index contributed by atoms with van der Waals surface area (Å²) in [5, 5.41) is 13.0. The van der Waals surface area contributed by atoms with Crippen LogP contribution in [0, 0.1) is 17.8 Å². The van der Waals surface area contributed by atoms with Crippen molar-refractivity contribution in [2.24, 2.45) is 17.8 Å². The smallest absolute Gasteiger partial charge is 0.0589 e. The van der Waals surface area contributed by atoms with E-state index in [0.717, 1.165) is 44.6 Å². The van der Waals surface area contributed by atoms with Gasteiger partial charge in [-0.3, -0.25) is 4.90 Å². The van der Waals surface area contributed by atoms with E-state index in [4.69, 9.17) is 4.74 Å². The van der Waals surface area contributed by atoms with Crippen molar-refractivity contribution < 1.29 is 9.84 Å². The molecule has 2 N–H and O–H groups in total. The zero-order chi connectivity index (χ0) is 15.7. The number of aliphatic hydroxyl groups is 1. The topological polar surface area (TPSA) is 44.7 Å². The van der Waals surface area contributed by atoms with Crippen LogP contribution in [-0.2, 0) is 4.74 Å². The molecule has 0 aliphatic heterocycles. The van der Waals surface area contributed by atoms with Crippen LogP contribution in [0.1, 0.15) is 40.0 Å². The second-order valence-corrected chi connectivity index (χ2v) is 6.76. The van der Waals surface area contributed by atoms with Crippen molar-refractivity contribution >= 4 is 0 Å². The van der Waals surface area contributed by atoms with Crippen LogP contribution in [0.4, 0.5) is 0 Å². The summed E-state index contributed by atoms with van der Waals surface area (Å²) in [7, 11) is 1.74. The van der Waals surface area contributed by atoms with Gasteiger partial charge in [-0.15, -0.1) is 0 Å². The van der Waals surface area contributed by atoms with Gasteiger partial charge in [-0.1, -0.05) is 20.8 Å². The molecule has 1 aliphatic carbocycles. The molecule has 21 heavy (non-hydrogen) atoms. The van der Waals surface area contributed by atoms with Crippen LogP contribution in [0.3, 0.4) is 0 Å². The summed E-state index contributed by atoms with van der Waals surface area (Å²) in [5.41, 5.74) is 0. The van der Waals surface area contributed by atoms with Gasteiger partial charge in [0.15, 0.2) is 0 Å². The maximum Gasteiger partial charge on any atom is 0.0589 e. The molecule has 0 aromatic carbocycles. The first-order valence-corrected chi connectivity index (χ1v) is 8.67. The minimum Gasteiger partial charge on any atom is -0.395 e. The summed E-state index contributed by atoms with van der Waals surface area (Å²) >= 11 is 0. The molecule has 1 fully saturated rings. The predicted octanol–water partition coefficient (Wildman–Crippen LogP) is 1.98. The SMILES string of the molecule is CCNC1CCC(C(C)C)CC1CN(CCO)CCOC. The fraction of sp³-hybridized carbons (Fsp3) is 1.00. The second-order valence-electron chi connectivity index (χ2n) is 6.76. The van der Waals surface area contributed by atoms with Crippen molar-refractivity contribution in [1.29, 1.82) is 0 Å². The largest absolute Gasteiger partial charge is 0.395 e. The van der Waals surface area contributed by atoms with Gasteiger partial charge < -0.3 is 15.2 Å². The lowest BCUT2D eigenvalue weighted by atomic mass is 9.73. The van der Waals surface area contributed by atoms with Crippen molar-refractivity contribution in [2.75, 3.05) is 46.5 Å². The second kappa shape index (κ2) is 10.5. The molecule has 1 rings (SSSR count). The number of ether oxygens (including phenoxy) is 1. The molecule has 0 aromatic heterocycles. The molecule has 0 amide bonds. The molecule has 4 nitrogen and oxygen atoms in total. The van der Waals surface area contributed by atoms with E-state index in [1.54, 1.807) is 7.11 Å². The molecule has 1 aliphatic rings. The van der Waals surface area contributed by atoms with Crippen LogP contribution < -0.4 is 5.32 Å². The average Bonchev–Trinajstić information content (AvgIpc) is 2.46. The number of nitrogens with one attached hydrogen (secondary N) is 1. The highest BCUT2D eigenvalue weighted by Gasteiger charge is 2.32. The summed E-state index contributed by atoms with van der Waals surface area (Å²) in [6.07, 6.45) is 3.95. The Balaban J connectivity index is 2.61. The monoisotopic (exact) mass is 300 g/mol. The average molecular weight is 300 g/mol. The molecule has 0 heterocycles. The van der Waals surface area contributed by atoms with Crippen molar-refractivity contribution in [3.05, 3.63) is 0 Å². The van der Waals surface area contributed by atoms with Gasteiger partial charge in [-0.25, -0.2) is 0 Å². The molecular formula is C17H36N2O2.